The minimum absolute atomic E-state index is 0.0957. The first kappa shape index (κ1) is 27.0. The van der Waals surface area contributed by atoms with Crippen molar-refractivity contribution in [3.63, 3.8) is 0 Å². The second-order valence-electron chi connectivity index (χ2n) is 14.6. The van der Waals surface area contributed by atoms with Crippen LogP contribution in [-0.4, -0.2) is 0 Å². The SMILES string of the molecule is CCCC(CC)(C1=CC(C(C)(C)C)=CC1)c1cc(C(C)(C)C)cc2c1Cc1ccc(C(C)(C)C)cc1-2. The van der Waals surface area contributed by atoms with E-state index in [1.165, 1.54) is 46.2 Å². The van der Waals surface area contributed by atoms with Gasteiger partial charge in [0.1, 0.15) is 0 Å². The highest BCUT2D eigenvalue weighted by atomic mass is 14.4. The predicted octanol–water partition coefficient (Wildman–Crippen LogP) is 10.6. The van der Waals surface area contributed by atoms with Crippen LogP contribution in [-0.2, 0) is 22.7 Å². The Morgan fingerprint density at radius 2 is 1.36 bits per heavy atom. The van der Waals surface area contributed by atoms with Gasteiger partial charge in [0.15, 0.2) is 0 Å². The Labute approximate surface area is 222 Å². The van der Waals surface area contributed by atoms with Crippen LogP contribution < -0.4 is 0 Å². The number of benzene rings is 2. The maximum absolute atomic E-state index is 2.62. The molecule has 2 aromatic carbocycles. The number of hydrogen-bond donors (Lipinski definition) is 0. The van der Waals surface area contributed by atoms with Gasteiger partial charge in [-0.2, -0.15) is 0 Å². The molecule has 0 heteroatoms. The van der Waals surface area contributed by atoms with Crippen molar-refractivity contribution in [1.82, 2.24) is 0 Å². The first-order valence-electron chi connectivity index (χ1n) is 14.3. The van der Waals surface area contributed by atoms with E-state index in [-0.39, 0.29) is 21.7 Å². The topological polar surface area (TPSA) is 0 Å². The Morgan fingerprint density at radius 1 is 0.722 bits per heavy atom. The fourth-order valence-electron chi connectivity index (χ4n) is 6.47. The molecule has 36 heavy (non-hydrogen) atoms. The maximum atomic E-state index is 2.62. The molecule has 2 aliphatic rings. The third-order valence-electron chi connectivity index (χ3n) is 8.90. The molecule has 0 spiro atoms. The van der Waals surface area contributed by atoms with Gasteiger partial charge >= 0.3 is 0 Å². The standard InChI is InChI=1S/C36H50/c1-12-18-36(13-2,27-17-16-25(20-27)33(3,4)5)32-23-28(35(9,10)11)22-30-29-21-26(34(6,7)8)15-14-24(29)19-31(30)32/h14-16,20-23H,12-13,17-19H2,1-11H3. The molecule has 0 N–H and O–H groups in total. The largest absolute Gasteiger partial charge is 0.0767 e. The summed E-state index contributed by atoms with van der Waals surface area (Å²) in [6.45, 7) is 26.0. The Balaban J connectivity index is 1.99. The molecule has 0 fully saturated rings. The van der Waals surface area contributed by atoms with E-state index in [0.717, 1.165) is 19.3 Å². The third kappa shape index (κ3) is 4.66. The van der Waals surface area contributed by atoms with Gasteiger partial charge in [-0.1, -0.05) is 131 Å². The number of hydrogen-bond acceptors (Lipinski definition) is 0. The quantitative estimate of drug-likeness (QED) is 0.339. The van der Waals surface area contributed by atoms with Crippen LogP contribution >= 0.6 is 0 Å². The first-order chi connectivity index (χ1) is 16.6. The van der Waals surface area contributed by atoms with E-state index in [2.05, 4.69) is 119 Å². The lowest BCUT2D eigenvalue weighted by atomic mass is 9.65. The van der Waals surface area contributed by atoms with E-state index in [1.807, 2.05) is 0 Å². The lowest BCUT2D eigenvalue weighted by Gasteiger charge is -2.38. The van der Waals surface area contributed by atoms with Crippen LogP contribution in [0.3, 0.4) is 0 Å². The van der Waals surface area contributed by atoms with Crippen LogP contribution in [0.1, 0.15) is 130 Å². The predicted molar refractivity (Wildman–Crippen MR) is 159 cm³/mol. The van der Waals surface area contributed by atoms with E-state index < -0.39 is 0 Å². The average Bonchev–Trinajstić information content (AvgIpc) is 3.41. The molecule has 0 radical (unpaired) electrons. The second-order valence-corrected chi connectivity index (χ2v) is 14.6. The zero-order valence-electron chi connectivity index (χ0n) is 25.1. The lowest BCUT2D eigenvalue weighted by molar-refractivity contribution is 0.431. The Bertz CT molecular complexity index is 1210. The molecule has 0 nitrogen and oxygen atoms in total. The van der Waals surface area contributed by atoms with Crippen molar-refractivity contribution in [3.8, 4) is 11.1 Å². The van der Waals surface area contributed by atoms with Crippen molar-refractivity contribution in [2.75, 3.05) is 0 Å². The van der Waals surface area contributed by atoms with Gasteiger partial charge in [-0.25, -0.2) is 0 Å². The van der Waals surface area contributed by atoms with Gasteiger partial charge in [0, 0.05) is 5.41 Å². The van der Waals surface area contributed by atoms with Crippen LogP contribution in [0.5, 0.6) is 0 Å². The van der Waals surface area contributed by atoms with Gasteiger partial charge in [0.2, 0.25) is 0 Å². The monoisotopic (exact) mass is 482 g/mol. The number of allylic oxidation sites excluding steroid dienone is 4. The normalized spacial score (nSPS) is 17.4. The van der Waals surface area contributed by atoms with E-state index in [4.69, 9.17) is 0 Å². The van der Waals surface area contributed by atoms with Gasteiger partial charge in [-0.15, -0.1) is 0 Å². The Kier molecular flexibility index (Phi) is 6.77. The molecule has 0 saturated carbocycles. The van der Waals surface area contributed by atoms with Crippen LogP contribution in [0.4, 0.5) is 0 Å². The minimum atomic E-state index is 0.0957. The van der Waals surface area contributed by atoms with Crippen molar-refractivity contribution in [2.24, 2.45) is 5.41 Å². The summed E-state index contributed by atoms with van der Waals surface area (Å²) >= 11 is 0. The molecule has 4 rings (SSSR count). The fraction of sp³-hybridized carbons (Fsp3) is 0.556. The molecule has 0 bridgehead atoms. The Hall–Kier alpha value is -2.08. The summed E-state index contributed by atoms with van der Waals surface area (Å²) in [4.78, 5) is 0. The smallest absolute Gasteiger partial charge is 0.0168 e. The molecule has 0 aromatic heterocycles. The van der Waals surface area contributed by atoms with Crippen molar-refractivity contribution in [2.45, 2.75) is 125 Å². The summed E-state index contributed by atoms with van der Waals surface area (Å²) in [6.07, 6.45) is 10.8. The highest BCUT2D eigenvalue weighted by Gasteiger charge is 2.40. The highest BCUT2D eigenvalue weighted by Crippen LogP contribution is 2.52. The molecule has 2 aromatic rings. The van der Waals surface area contributed by atoms with Gasteiger partial charge in [-0.05, 0) is 86.4 Å². The summed E-state index contributed by atoms with van der Waals surface area (Å²) in [6, 6.07) is 12.4. The average molecular weight is 483 g/mol. The Morgan fingerprint density at radius 3 is 1.89 bits per heavy atom. The summed E-state index contributed by atoms with van der Waals surface area (Å²) < 4.78 is 0. The number of rotatable bonds is 5. The molecule has 0 saturated heterocycles. The summed E-state index contributed by atoms with van der Waals surface area (Å²) in [7, 11) is 0. The van der Waals surface area contributed by atoms with E-state index >= 15 is 0 Å². The summed E-state index contributed by atoms with van der Waals surface area (Å²) in [5, 5.41) is 0. The van der Waals surface area contributed by atoms with Gasteiger partial charge in [0.05, 0.1) is 0 Å². The maximum Gasteiger partial charge on any atom is 0.0168 e. The van der Waals surface area contributed by atoms with Crippen LogP contribution in [0, 0.1) is 5.41 Å². The number of fused-ring (bicyclic) bond motifs is 3. The molecule has 0 aliphatic heterocycles. The fourth-order valence-corrected chi connectivity index (χ4v) is 6.47. The van der Waals surface area contributed by atoms with Crippen LogP contribution in [0.25, 0.3) is 11.1 Å². The van der Waals surface area contributed by atoms with E-state index in [0.29, 0.717) is 0 Å². The zero-order valence-corrected chi connectivity index (χ0v) is 25.1. The highest BCUT2D eigenvalue weighted by molar-refractivity contribution is 5.80. The molecular formula is C36H50. The third-order valence-corrected chi connectivity index (χ3v) is 8.90. The molecule has 2 aliphatic carbocycles. The molecular weight excluding hydrogens is 432 g/mol. The first-order valence-corrected chi connectivity index (χ1v) is 14.3. The molecule has 0 heterocycles. The van der Waals surface area contributed by atoms with Crippen molar-refractivity contribution >= 4 is 0 Å². The summed E-state index contributed by atoms with van der Waals surface area (Å²) in [5.41, 5.74) is 14.3. The molecule has 1 unspecified atom stereocenters. The second kappa shape index (κ2) is 9.04. The minimum Gasteiger partial charge on any atom is -0.0767 e. The van der Waals surface area contributed by atoms with Gasteiger partial charge in [-0.3, -0.25) is 0 Å². The van der Waals surface area contributed by atoms with Gasteiger partial charge in [0.25, 0.3) is 0 Å². The van der Waals surface area contributed by atoms with Crippen molar-refractivity contribution < 1.29 is 0 Å². The van der Waals surface area contributed by atoms with E-state index in [9.17, 15) is 0 Å². The van der Waals surface area contributed by atoms with Gasteiger partial charge < -0.3 is 0 Å². The zero-order chi connectivity index (χ0) is 26.7. The molecule has 1 atom stereocenters. The van der Waals surface area contributed by atoms with Crippen molar-refractivity contribution in [3.05, 3.63) is 81.4 Å². The van der Waals surface area contributed by atoms with E-state index in [1.54, 1.807) is 16.7 Å². The molecule has 0 amide bonds. The summed E-state index contributed by atoms with van der Waals surface area (Å²) in [5.74, 6) is 0. The van der Waals surface area contributed by atoms with Crippen LogP contribution in [0.2, 0.25) is 0 Å². The van der Waals surface area contributed by atoms with Crippen LogP contribution in [0.15, 0.2) is 53.6 Å². The lowest BCUT2D eigenvalue weighted by Crippen LogP contribution is -2.30. The molecule has 194 valence electrons. The van der Waals surface area contributed by atoms with Crippen molar-refractivity contribution in [1.29, 1.82) is 0 Å².